The van der Waals surface area contributed by atoms with Crippen LogP contribution in [-0.4, -0.2) is 4.57 Å². The van der Waals surface area contributed by atoms with Gasteiger partial charge in [0.2, 0.25) is 0 Å². The second-order valence-electron chi connectivity index (χ2n) is 19.6. The fraction of sp³-hybridized carbons (Fsp3) is 0.0141. The van der Waals surface area contributed by atoms with Gasteiger partial charge in [0.1, 0.15) is 0 Å². The van der Waals surface area contributed by atoms with Crippen molar-refractivity contribution in [2.45, 2.75) is 5.41 Å². The first-order valence-electron chi connectivity index (χ1n) is 25.3. The second-order valence-corrected chi connectivity index (χ2v) is 19.6. The number of benzene rings is 12. The molecule has 0 atom stereocenters. The van der Waals surface area contributed by atoms with Crippen LogP contribution in [0.4, 0.5) is 17.1 Å². The van der Waals surface area contributed by atoms with Gasteiger partial charge in [-0.1, -0.05) is 206 Å². The quantitative estimate of drug-likeness (QED) is 0.155. The Hall–Kier alpha value is -9.50. The van der Waals surface area contributed by atoms with E-state index in [1.807, 2.05) is 0 Å². The maximum absolute atomic E-state index is 2.49. The van der Waals surface area contributed by atoms with E-state index in [0.29, 0.717) is 0 Å². The van der Waals surface area contributed by atoms with Crippen molar-refractivity contribution in [1.82, 2.24) is 4.57 Å². The Morgan fingerprint density at radius 3 is 1.48 bits per heavy atom. The highest BCUT2D eigenvalue weighted by Gasteiger charge is 2.51. The predicted molar refractivity (Wildman–Crippen MR) is 306 cm³/mol. The molecule has 0 saturated heterocycles. The summed E-state index contributed by atoms with van der Waals surface area (Å²) in [6.07, 6.45) is 0. The van der Waals surface area contributed by atoms with E-state index in [1.165, 1.54) is 105 Å². The Morgan fingerprint density at radius 1 is 0.260 bits per heavy atom. The summed E-state index contributed by atoms with van der Waals surface area (Å²) in [6.45, 7) is 0. The molecule has 0 unspecified atom stereocenters. The third-order valence-corrected chi connectivity index (χ3v) is 15.8. The third kappa shape index (κ3) is 6.24. The van der Waals surface area contributed by atoms with Gasteiger partial charge < -0.3 is 9.47 Å². The van der Waals surface area contributed by atoms with Crippen LogP contribution in [-0.2, 0) is 5.41 Å². The molecule has 0 N–H and O–H groups in total. The van der Waals surface area contributed by atoms with E-state index in [-0.39, 0.29) is 0 Å². The Bertz CT molecular complexity index is 4260. The number of rotatable bonds is 7. The smallest absolute Gasteiger partial charge is 0.0726 e. The van der Waals surface area contributed by atoms with Crippen molar-refractivity contribution in [3.05, 3.63) is 301 Å². The van der Waals surface area contributed by atoms with Crippen molar-refractivity contribution in [3.63, 3.8) is 0 Å². The molecule has 13 aromatic rings. The highest BCUT2D eigenvalue weighted by atomic mass is 15.1. The van der Waals surface area contributed by atoms with Gasteiger partial charge in [-0.3, -0.25) is 0 Å². The molecular weight excluding hydrogens is 881 g/mol. The predicted octanol–water partition coefficient (Wildman–Crippen LogP) is 18.8. The van der Waals surface area contributed by atoms with Gasteiger partial charge in [-0.05, 0) is 161 Å². The second kappa shape index (κ2) is 16.3. The SMILES string of the molecule is c1ccc(-n2c3ccccc3c3cc(-c4cccc(-c5cccc(N(c6ccc(-c7cccc8ccccc78)cc6)c6ccc7c(c6)C6(c8ccccc8-c8ccccc86)c6ccccc6-7)c5)c4)ccc32)cc1. The van der Waals surface area contributed by atoms with Crippen LogP contribution in [0.3, 0.4) is 0 Å². The van der Waals surface area contributed by atoms with Gasteiger partial charge in [0.15, 0.2) is 0 Å². The zero-order chi connectivity index (χ0) is 48.0. The van der Waals surface area contributed by atoms with Crippen molar-refractivity contribution < 1.29 is 0 Å². The van der Waals surface area contributed by atoms with Gasteiger partial charge in [-0.2, -0.15) is 0 Å². The molecule has 0 bridgehead atoms. The summed E-state index contributed by atoms with van der Waals surface area (Å²) in [5.41, 5.74) is 24.1. The van der Waals surface area contributed by atoms with E-state index < -0.39 is 5.41 Å². The number of para-hydroxylation sites is 2. The molecule has 0 amide bonds. The Morgan fingerprint density at radius 2 is 0.753 bits per heavy atom. The van der Waals surface area contributed by atoms with Gasteiger partial charge in [-0.25, -0.2) is 0 Å². The van der Waals surface area contributed by atoms with Gasteiger partial charge in [0.05, 0.1) is 16.4 Å². The normalized spacial score (nSPS) is 12.8. The maximum atomic E-state index is 2.49. The van der Waals surface area contributed by atoms with Crippen molar-refractivity contribution in [1.29, 1.82) is 0 Å². The largest absolute Gasteiger partial charge is 0.310 e. The highest BCUT2D eigenvalue weighted by Crippen LogP contribution is 2.63. The molecule has 2 aliphatic carbocycles. The number of anilines is 3. The van der Waals surface area contributed by atoms with Crippen molar-refractivity contribution in [2.24, 2.45) is 0 Å². The lowest BCUT2D eigenvalue weighted by Crippen LogP contribution is -2.26. The van der Waals surface area contributed by atoms with Crippen LogP contribution < -0.4 is 4.90 Å². The summed E-state index contributed by atoms with van der Waals surface area (Å²) < 4.78 is 2.38. The summed E-state index contributed by atoms with van der Waals surface area (Å²) in [6, 6.07) is 103. The topological polar surface area (TPSA) is 8.17 Å². The molecule has 0 saturated carbocycles. The number of nitrogens with zero attached hydrogens (tertiary/aromatic N) is 2. The molecule has 1 heterocycles. The molecule has 340 valence electrons. The van der Waals surface area contributed by atoms with E-state index in [4.69, 9.17) is 0 Å². The van der Waals surface area contributed by atoms with Crippen molar-refractivity contribution in [2.75, 3.05) is 4.90 Å². The molecule has 1 aromatic heterocycles. The molecule has 0 fully saturated rings. The molecule has 0 aliphatic heterocycles. The molecule has 15 rings (SSSR count). The summed E-state index contributed by atoms with van der Waals surface area (Å²) in [5, 5.41) is 4.99. The summed E-state index contributed by atoms with van der Waals surface area (Å²) >= 11 is 0. The fourth-order valence-corrected chi connectivity index (χ4v) is 12.6. The minimum atomic E-state index is -0.458. The van der Waals surface area contributed by atoms with E-state index in [0.717, 1.165) is 28.3 Å². The molecule has 0 radical (unpaired) electrons. The Kier molecular flexibility index (Phi) is 9.21. The third-order valence-electron chi connectivity index (χ3n) is 15.8. The first kappa shape index (κ1) is 41.3. The lowest BCUT2D eigenvalue weighted by molar-refractivity contribution is 0.793. The van der Waals surface area contributed by atoms with Crippen LogP contribution >= 0.6 is 0 Å². The minimum absolute atomic E-state index is 0.458. The molecule has 12 aromatic carbocycles. The number of fused-ring (bicyclic) bond motifs is 14. The Labute approximate surface area is 425 Å². The van der Waals surface area contributed by atoms with Gasteiger partial charge in [0, 0.05) is 33.5 Å². The van der Waals surface area contributed by atoms with E-state index in [2.05, 4.69) is 289 Å². The van der Waals surface area contributed by atoms with Crippen LogP contribution in [0.15, 0.2) is 279 Å². The van der Waals surface area contributed by atoms with Crippen LogP contribution in [0.1, 0.15) is 22.3 Å². The maximum Gasteiger partial charge on any atom is 0.0726 e. The summed E-state index contributed by atoms with van der Waals surface area (Å²) in [5.74, 6) is 0. The van der Waals surface area contributed by atoms with E-state index in [1.54, 1.807) is 0 Å². The first-order valence-corrected chi connectivity index (χ1v) is 25.3. The Balaban J connectivity index is 0.882. The van der Waals surface area contributed by atoms with E-state index >= 15 is 0 Å². The van der Waals surface area contributed by atoms with Gasteiger partial charge in [-0.15, -0.1) is 0 Å². The molecule has 73 heavy (non-hydrogen) atoms. The van der Waals surface area contributed by atoms with E-state index in [9.17, 15) is 0 Å². The standard InChI is InChI=1S/C71H46N2/c1-2-22-53(23-3-1)73-69-34-13-9-29-63(69)64-45-52(37-42-70(64)73)50-20-14-19-49(43-50)51-21-15-24-55(44-51)72(54-38-35-48(36-39-54)58-30-16-18-47-17-4-5-25-57(47)58)56-40-41-62-61-28-8-12-33-67(61)71(68(62)46-56)65-31-10-6-26-59(65)60-27-7-11-32-66(60)71/h1-46H. The highest BCUT2D eigenvalue weighted by molar-refractivity contribution is 6.10. The summed E-state index contributed by atoms with van der Waals surface area (Å²) in [7, 11) is 0. The van der Waals surface area contributed by atoms with Crippen molar-refractivity contribution >= 4 is 49.6 Å². The zero-order valence-electron chi connectivity index (χ0n) is 40.0. The molecule has 2 aliphatic rings. The van der Waals surface area contributed by atoms with Crippen LogP contribution in [0.2, 0.25) is 0 Å². The average Bonchev–Trinajstić information content (AvgIpc) is 4.08. The van der Waals surface area contributed by atoms with Crippen LogP contribution in [0.25, 0.3) is 93.9 Å². The van der Waals surface area contributed by atoms with Crippen LogP contribution in [0, 0.1) is 0 Å². The van der Waals surface area contributed by atoms with Crippen LogP contribution in [0.5, 0.6) is 0 Å². The zero-order valence-corrected chi connectivity index (χ0v) is 40.0. The number of hydrogen-bond acceptors (Lipinski definition) is 1. The summed E-state index contributed by atoms with van der Waals surface area (Å²) in [4.78, 5) is 2.46. The first-order chi connectivity index (χ1) is 36.2. The van der Waals surface area contributed by atoms with Crippen molar-refractivity contribution in [3.8, 4) is 61.3 Å². The average molecular weight is 927 g/mol. The fourth-order valence-electron chi connectivity index (χ4n) is 12.6. The van der Waals surface area contributed by atoms with Gasteiger partial charge in [0.25, 0.3) is 0 Å². The lowest BCUT2D eigenvalue weighted by atomic mass is 9.70. The van der Waals surface area contributed by atoms with Gasteiger partial charge >= 0.3 is 0 Å². The minimum Gasteiger partial charge on any atom is -0.310 e. The number of hydrogen-bond donors (Lipinski definition) is 0. The monoisotopic (exact) mass is 926 g/mol. The molecular formula is C71H46N2. The molecule has 2 heteroatoms. The molecule has 2 nitrogen and oxygen atoms in total. The number of aromatic nitrogens is 1. The molecule has 1 spiro atoms. The lowest BCUT2D eigenvalue weighted by Gasteiger charge is -2.32.